The summed E-state index contributed by atoms with van der Waals surface area (Å²) in [4.78, 5) is 0. The summed E-state index contributed by atoms with van der Waals surface area (Å²) in [6, 6.07) is 1.69. The molecule has 0 saturated heterocycles. The summed E-state index contributed by atoms with van der Waals surface area (Å²) in [5.41, 5.74) is -2.87. The van der Waals surface area contributed by atoms with Crippen LogP contribution in [0.5, 0.6) is 0 Å². The molecule has 0 heterocycles. The molecule has 0 radical (unpaired) electrons. The fourth-order valence-electron chi connectivity index (χ4n) is 0.874. The molecule has 6 heteroatoms. The zero-order valence-electron chi connectivity index (χ0n) is 6.49. The van der Waals surface area contributed by atoms with E-state index in [1.807, 2.05) is 0 Å². The van der Waals surface area contributed by atoms with E-state index in [1.54, 1.807) is 0 Å². The van der Waals surface area contributed by atoms with E-state index in [0.29, 0.717) is 6.07 Å². The first-order valence-electron chi connectivity index (χ1n) is 3.33. The largest absolute Gasteiger partial charge is 0.419 e. The lowest BCUT2D eigenvalue weighted by atomic mass is 10.1. The van der Waals surface area contributed by atoms with Crippen LogP contribution in [0.3, 0.4) is 0 Å². The van der Waals surface area contributed by atoms with Crippen molar-refractivity contribution < 1.29 is 22.0 Å². The molecule has 0 aromatic heterocycles. The summed E-state index contributed by atoms with van der Waals surface area (Å²) in [6.07, 6.45) is -4.93. The van der Waals surface area contributed by atoms with Crippen molar-refractivity contribution in [2.75, 3.05) is 0 Å². The number of hydrogen-bond acceptors (Lipinski definition) is 1. The Morgan fingerprint density at radius 3 is 2.14 bits per heavy atom. The number of hydrogen-bond donors (Lipinski definition) is 0. The van der Waals surface area contributed by atoms with Crippen molar-refractivity contribution in [3.05, 3.63) is 34.9 Å². The number of halogens is 5. The molecule has 0 fully saturated rings. The van der Waals surface area contributed by atoms with Crippen LogP contribution in [0.25, 0.3) is 0 Å². The average Bonchev–Trinajstić information content (AvgIpc) is 2.02. The van der Waals surface area contributed by atoms with Gasteiger partial charge in [0, 0.05) is 0 Å². The quantitative estimate of drug-likeness (QED) is 0.600. The second-order valence-corrected chi connectivity index (χ2v) is 2.39. The number of nitrogens with zero attached hydrogens (tertiary/aromatic N) is 1. The van der Waals surface area contributed by atoms with Crippen molar-refractivity contribution in [3.8, 4) is 6.07 Å². The van der Waals surface area contributed by atoms with Crippen LogP contribution in [0.2, 0.25) is 0 Å². The Balaban J connectivity index is 3.46. The second-order valence-electron chi connectivity index (χ2n) is 2.39. The Morgan fingerprint density at radius 2 is 1.71 bits per heavy atom. The van der Waals surface area contributed by atoms with Crippen LogP contribution >= 0.6 is 0 Å². The minimum absolute atomic E-state index is 0.255. The molecule has 1 nitrogen and oxygen atoms in total. The first kappa shape index (κ1) is 10.4. The highest BCUT2D eigenvalue weighted by molar-refractivity contribution is 5.37. The molecule has 0 bridgehead atoms. The highest BCUT2D eigenvalue weighted by Crippen LogP contribution is 2.32. The van der Waals surface area contributed by atoms with Crippen LogP contribution in [0.4, 0.5) is 22.0 Å². The van der Waals surface area contributed by atoms with Crippen LogP contribution in [-0.2, 0) is 6.18 Å². The van der Waals surface area contributed by atoms with Crippen molar-refractivity contribution in [1.82, 2.24) is 0 Å². The lowest BCUT2D eigenvalue weighted by molar-refractivity contribution is -0.140. The van der Waals surface area contributed by atoms with Crippen LogP contribution in [0.1, 0.15) is 11.1 Å². The first-order chi connectivity index (χ1) is 6.38. The molecule has 0 aliphatic rings. The van der Waals surface area contributed by atoms with Crippen molar-refractivity contribution in [2.24, 2.45) is 0 Å². The molecule has 0 atom stereocenters. The fourth-order valence-corrected chi connectivity index (χ4v) is 0.874. The second kappa shape index (κ2) is 3.25. The topological polar surface area (TPSA) is 23.8 Å². The van der Waals surface area contributed by atoms with Gasteiger partial charge in [-0.1, -0.05) is 0 Å². The van der Waals surface area contributed by atoms with Crippen LogP contribution in [0.15, 0.2) is 12.1 Å². The van der Waals surface area contributed by atoms with Crippen LogP contribution in [-0.4, -0.2) is 0 Å². The van der Waals surface area contributed by atoms with E-state index in [4.69, 9.17) is 5.26 Å². The third-order valence-corrected chi connectivity index (χ3v) is 1.51. The van der Waals surface area contributed by atoms with E-state index in [2.05, 4.69) is 0 Å². The smallest absolute Gasteiger partial charge is 0.205 e. The molecule has 0 N–H and O–H groups in total. The van der Waals surface area contributed by atoms with Gasteiger partial charge in [-0.15, -0.1) is 0 Å². The lowest BCUT2D eigenvalue weighted by Gasteiger charge is -2.08. The minimum Gasteiger partial charge on any atom is -0.205 e. The number of rotatable bonds is 0. The van der Waals surface area contributed by atoms with Gasteiger partial charge in [0.15, 0.2) is 5.82 Å². The molecule has 0 aliphatic carbocycles. The highest BCUT2D eigenvalue weighted by Gasteiger charge is 2.35. The Morgan fingerprint density at radius 1 is 1.14 bits per heavy atom. The molecule has 0 aliphatic heterocycles. The van der Waals surface area contributed by atoms with Gasteiger partial charge in [0.1, 0.15) is 17.4 Å². The van der Waals surface area contributed by atoms with Crippen LogP contribution < -0.4 is 0 Å². The molecular weight excluding hydrogens is 205 g/mol. The molecule has 1 aromatic rings. The van der Waals surface area contributed by atoms with Gasteiger partial charge < -0.3 is 0 Å². The lowest BCUT2D eigenvalue weighted by Crippen LogP contribution is -2.10. The normalized spacial score (nSPS) is 11.1. The maximum Gasteiger partial charge on any atom is 0.419 e. The summed E-state index contributed by atoms with van der Waals surface area (Å²) in [7, 11) is 0. The first-order valence-corrected chi connectivity index (χ1v) is 3.33. The molecule has 0 amide bonds. The number of alkyl halides is 3. The van der Waals surface area contributed by atoms with Gasteiger partial charge in [-0.25, -0.2) is 8.78 Å². The van der Waals surface area contributed by atoms with E-state index >= 15 is 0 Å². The van der Waals surface area contributed by atoms with Crippen molar-refractivity contribution >= 4 is 0 Å². The van der Waals surface area contributed by atoms with E-state index < -0.39 is 28.9 Å². The number of nitriles is 1. The Bertz CT molecular complexity index is 401. The van der Waals surface area contributed by atoms with Gasteiger partial charge in [-0.05, 0) is 12.1 Å². The van der Waals surface area contributed by atoms with E-state index in [9.17, 15) is 22.0 Å². The number of benzene rings is 1. The van der Waals surface area contributed by atoms with Crippen molar-refractivity contribution in [3.63, 3.8) is 0 Å². The van der Waals surface area contributed by atoms with Gasteiger partial charge in [-0.3, -0.25) is 0 Å². The summed E-state index contributed by atoms with van der Waals surface area (Å²) in [5, 5.41) is 8.19. The van der Waals surface area contributed by atoms with Gasteiger partial charge in [0.25, 0.3) is 0 Å². The third kappa shape index (κ3) is 1.66. The SMILES string of the molecule is N#Cc1c(F)ccc(C(F)(F)F)c1F. The van der Waals surface area contributed by atoms with E-state index in [-0.39, 0.29) is 6.07 Å². The monoisotopic (exact) mass is 207 g/mol. The van der Waals surface area contributed by atoms with Gasteiger partial charge >= 0.3 is 6.18 Å². The standard InChI is InChI=1S/C8H2F5N/c9-6-2-1-5(8(11,12)13)7(10)4(6)3-14/h1-2H. The predicted molar refractivity (Wildman–Crippen MR) is 36.1 cm³/mol. The maximum atomic E-state index is 12.8. The van der Waals surface area contributed by atoms with Gasteiger partial charge in [-0.2, -0.15) is 18.4 Å². The highest BCUT2D eigenvalue weighted by atomic mass is 19.4. The molecule has 0 saturated carbocycles. The predicted octanol–water partition coefficient (Wildman–Crippen LogP) is 2.86. The third-order valence-electron chi connectivity index (χ3n) is 1.51. The Hall–Kier alpha value is -1.64. The van der Waals surface area contributed by atoms with Gasteiger partial charge in [0.05, 0.1) is 5.56 Å². The van der Waals surface area contributed by atoms with Crippen molar-refractivity contribution in [1.29, 1.82) is 5.26 Å². The molecule has 0 unspecified atom stereocenters. The van der Waals surface area contributed by atoms with Gasteiger partial charge in [0.2, 0.25) is 0 Å². The Kier molecular flexibility index (Phi) is 2.43. The molecule has 1 rings (SSSR count). The zero-order chi connectivity index (χ0) is 10.9. The minimum atomic E-state index is -4.93. The molecule has 0 spiro atoms. The molecular formula is C8H2F5N. The maximum absolute atomic E-state index is 12.8. The van der Waals surface area contributed by atoms with Crippen LogP contribution in [0, 0.1) is 23.0 Å². The summed E-state index contributed by atoms with van der Waals surface area (Å²) in [5.74, 6) is -3.18. The van der Waals surface area contributed by atoms with E-state index in [0.717, 1.165) is 6.07 Å². The fraction of sp³-hybridized carbons (Fsp3) is 0.125. The molecule has 1 aromatic carbocycles. The molecule has 74 valence electrons. The molecule has 14 heavy (non-hydrogen) atoms. The average molecular weight is 207 g/mol. The zero-order valence-corrected chi connectivity index (χ0v) is 6.49. The van der Waals surface area contributed by atoms with E-state index in [1.165, 1.54) is 0 Å². The summed E-state index contributed by atoms with van der Waals surface area (Å²) < 4.78 is 61.5. The Labute approximate surface area is 75.4 Å². The summed E-state index contributed by atoms with van der Waals surface area (Å²) >= 11 is 0. The van der Waals surface area contributed by atoms with Crippen molar-refractivity contribution in [2.45, 2.75) is 6.18 Å². The summed E-state index contributed by atoms with van der Waals surface area (Å²) in [6.45, 7) is 0.